The molecule has 0 atom stereocenters. The van der Waals surface area contributed by atoms with Crippen LogP contribution in [0.4, 0.5) is 16.4 Å². The highest BCUT2D eigenvalue weighted by Gasteiger charge is 2.23. The highest BCUT2D eigenvalue weighted by molar-refractivity contribution is 7.92. The van der Waals surface area contributed by atoms with E-state index >= 15 is 0 Å². The fraction of sp³-hybridized carbons (Fsp3) is 0.333. The highest BCUT2D eigenvalue weighted by atomic mass is 32.2. The number of amides is 2. The number of rotatable bonds is 7. The van der Waals surface area contributed by atoms with Gasteiger partial charge in [0.1, 0.15) is 15.8 Å². The second-order valence-electron chi connectivity index (χ2n) is 8.30. The van der Waals surface area contributed by atoms with Crippen molar-refractivity contribution in [3.05, 3.63) is 69.6 Å². The molecule has 0 aliphatic carbocycles. The fourth-order valence-corrected chi connectivity index (χ4v) is 6.42. The van der Waals surface area contributed by atoms with Gasteiger partial charge in [0.15, 0.2) is 0 Å². The molecule has 0 radical (unpaired) electrons. The van der Waals surface area contributed by atoms with E-state index in [2.05, 4.69) is 32.1 Å². The molecule has 0 spiro atoms. The topological polar surface area (TPSA) is 101 Å². The van der Waals surface area contributed by atoms with Gasteiger partial charge in [0.25, 0.3) is 10.0 Å². The zero-order chi connectivity index (χ0) is 24.3. The van der Waals surface area contributed by atoms with Crippen LogP contribution in [0.1, 0.15) is 27.1 Å². The van der Waals surface area contributed by atoms with Crippen molar-refractivity contribution in [3.63, 3.8) is 0 Å². The summed E-state index contributed by atoms with van der Waals surface area (Å²) in [4.78, 5) is 20.2. The van der Waals surface area contributed by atoms with E-state index in [-0.39, 0.29) is 4.21 Å². The monoisotopic (exact) mass is 500 g/mol. The number of benzene rings is 1. The second-order valence-corrected chi connectivity index (χ2v) is 11.3. The molecule has 0 saturated heterocycles. The van der Waals surface area contributed by atoms with Crippen LogP contribution >= 0.6 is 11.3 Å². The van der Waals surface area contributed by atoms with Gasteiger partial charge in [-0.25, -0.2) is 22.9 Å². The maximum absolute atomic E-state index is 12.7. The van der Waals surface area contributed by atoms with Crippen LogP contribution in [0.3, 0.4) is 0 Å². The summed E-state index contributed by atoms with van der Waals surface area (Å²) in [6.07, 6.45) is 1.53. The Kier molecular flexibility index (Phi) is 7.20. The van der Waals surface area contributed by atoms with Crippen LogP contribution in [-0.2, 0) is 34.1 Å². The Morgan fingerprint density at radius 2 is 1.94 bits per heavy atom. The largest absolute Gasteiger partial charge is 0.384 e. The zero-order valence-electron chi connectivity index (χ0n) is 19.4. The van der Waals surface area contributed by atoms with Crippen molar-refractivity contribution in [2.24, 2.45) is 0 Å². The molecule has 34 heavy (non-hydrogen) atoms. The van der Waals surface area contributed by atoms with E-state index in [0.29, 0.717) is 18.8 Å². The van der Waals surface area contributed by atoms with Crippen molar-refractivity contribution in [1.29, 1.82) is 0 Å². The summed E-state index contributed by atoms with van der Waals surface area (Å²) in [6.45, 7) is 5.81. The second kappa shape index (κ2) is 10.1. The van der Waals surface area contributed by atoms with Crippen LogP contribution in [0.25, 0.3) is 0 Å². The molecule has 2 N–H and O–H groups in total. The number of thiophene rings is 1. The number of pyridine rings is 1. The molecule has 180 valence electrons. The van der Waals surface area contributed by atoms with Crippen molar-refractivity contribution in [1.82, 2.24) is 9.71 Å². The minimum atomic E-state index is -4.00. The molecule has 8 nitrogen and oxygen atoms in total. The Morgan fingerprint density at radius 3 is 2.71 bits per heavy atom. The lowest BCUT2D eigenvalue weighted by Gasteiger charge is -2.30. The summed E-state index contributed by atoms with van der Waals surface area (Å²) in [5.74, 6) is 1.04. The Bertz CT molecular complexity index is 1300. The lowest BCUT2D eigenvalue weighted by atomic mass is 10.00. The van der Waals surface area contributed by atoms with Crippen molar-refractivity contribution in [2.45, 2.75) is 37.4 Å². The number of methoxy groups -OCH3 is 1. The van der Waals surface area contributed by atoms with E-state index in [1.165, 1.54) is 11.1 Å². The van der Waals surface area contributed by atoms with Crippen LogP contribution in [0, 0.1) is 13.8 Å². The summed E-state index contributed by atoms with van der Waals surface area (Å²) in [7, 11) is -2.40. The fourth-order valence-electron chi connectivity index (χ4n) is 3.94. The van der Waals surface area contributed by atoms with Crippen molar-refractivity contribution in [2.75, 3.05) is 30.5 Å². The number of aromatic nitrogens is 1. The SMILES string of the molecule is COCCc1sc(S(=O)(=O)NC(=O)Nc2cc(C)cc(N3CCc4ccccc4C3)n2)cc1C. The maximum Gasteiger partial charge on any atom is 0.334 e. The molecule has 1 aliphatic rings. The third-order valence-electron chi connectivity index (χ3n) is 5.68. The Labute approximate surface area is 204 Å². The van der Waals surface area contributed by atoms with Crippen LogP contribution in [0.5, 0.6) is 0 Å². The number of anilines is 2. The Hall–Kier alpha value is -2.95. The van der Waals surface area contributed by atoms with Gasteiger partial charge in [-0.1, -0.05) is 24.3 Å². The summed E-state index contributed by atoms with van der Waals surface area (Å²) < 4.78 is 32.8. The molecule has 10 heteroatoms. The van der Waals surface area contributed by atoms with E-state index in [9.17, 15) is 13.2 Å². The van der Waals surface area contributed by atoms with E-state index in [1.54, 1.807) is 19.2 Å². The number of carbonyl (C=O) groups excluding carboxylic acids is 1. The highest BCUT2D eigenvalue weighted by Crippen LogP contribution is 2.27. The minimum Gasteiger partial charge on any atom is -0.384 e. The number of aryl methyl sites for hydroxylation is 2. The average Bonchev–Trinajstić information content (AvgIpc) is 3.18. The lowest BCUT2D eigenvalue weighted by molar-refractivity contribution is 0.203. The number of ether oxygens (including phenoxy) is 1. The number of hydrogen-bond donors (Lipinski definition) is 2. The van der Waals surface area contributed by atoms with Gasteiger partial charge in [0.2, 0.25) is 0 Å². The van der Waals surface area contributed by atoms with Gasteiger partial charge in [0, 0.05) is 31.5 Å². The quantitative estimate of drug-likeness (QED) is 0.508. The molecule has 3 heterocycles. The average molecular weight is 501 g/mol. The molecule has 0 fully saturated rings. The molecule has 0 bridgehead atoms. The summed E-state index contributed by atoms with van der Waals surface area (Å²) in [5, 5.41) is 2.58. The van der Waals surface area contributed by atoms with Crippen molar-refractivity contribution >= 4 is 39.0 Å². The third kappa shape index (κ3) is 5.57. The van der Waals surface area contributed by atoms with Gasteiger partial charge in [-0.3, -0.25) is 5.32 Å². The molecular formula is C24H28N4O4S2. The summed E-state index contributed by atoms with van der Waals surface area (Å²) in [5.41, 5.74) is 4.37. The van der Waals surface area contributed by atoms with E-state index in [0.717, 1.165) is 52.7 Å². The smallest absolute Gasteiger partial charge is 0.334 e. The number of fused-ring (bicyclic) bond motifs is 1. The Morgan fingerprint density at radius 1 is 1.18 bits per heavy atom. The summed E-state index contributed by atoms with van der Waals surface area (Å²) >= 11 is 1.14. The number of hydrogen-bond acceptors (Lipinski definition) is 7. The van der Waals surface area contributed by atoms with E-state index in [1.807, 2.05) is 32.0 Å². The molecule has 4 rings (SSSR count). The number of nitrogens with zero attached hydrogens (tertiary/aromatic N) is 2. The van der Waals surface area contributed by atoms with E-state index in [4.69, 9.17) is 4.74 Å². The van der Waals surface area contributed by atoms with Gasteiger partial charge in [-0.05, 0) is 60.7 Å². The predicted octanol–water partition coefficient (Wildman–Crippen LogP) is 4.02. The van der Waals surface area contributed by atoms with E-state index < -0.39 is 16.1 Å². The van der Waals surface area contributed by atoms with Crippen LogP contribution in [-0.4, -0.2) is 39.7 Å². The van der Waals surface area contributed by atoms with Gasteiger partial charge in [0.05, 0.1) is 6.61 Å². The molecule has 0 saturated carbocycles. The number of nitrogens with one attached hydrogen (secondary N) is 2. The first-order chi connectivity index (χ1) is 16.2. The zero-order valence-corrected chi connectivity index (χ0v) is 21.1. The van der Waals surface area contributed by atoms with Gasteiger partial charge in [-0.15, -0.1) is 11.3 Å². The molecule has 3 aromatic rings. The molecule has 1 aromatic carbocycles. The Balaban J connectivity index is 1.46. The number of sulfonamides is 1. The molecule has 2 amide bonds. The lowest BCUT2D eigenvalue weighted by Crippen LogP contribution is -2.34. The first-order valence-electron chi connectivity index (χ1n) is 11.0. The van der Waals surface area contributed by atoms with Gasteiger partial charge >= 0.3 is 6.03 Å². The summed E-state index contributed by atoms with van der Waals surface area (Å²) in [6, 6.07) is 12.7. The normalized spacial score (nSPS) is 13.4. The van der Waals surface area contributed by atoms with Crippen LogP contribution in [0.2, 0.25) is 0 Å². The van der Waals surface area contributed by atoms with Gasteiger partial charge < -0.3 is 9.64 Å². The molecule has 2 aromatic heterocycles. The van der Waals surface area contributed by atoms with Crippen LogP contribution < -0.4 is 14.9 Å². The van der Waals surface area contributed by atoms with Crippen molar-refractivity contribution < 1.29 is 17.9 Å². The minimum absolute atomic E-state index is 0.0936. The number of urea groups is 1. The first kappa shape index (κ1) is 24.2. The molecule has 0 unspecified atom stereocenters. The molecule has 1 aliphatic heterocycles. The van der Waals surface area contributed by atoms with Crippen molar-refractivity contribution in [3.8, 4) is 0 Å². The van der Waals surface area contributed by atoms with Crippen LogP contribution in [0.15, 0.2) is 46.7 Å². The third-order valence-corrected chi connectivity index (χ3v) is 8.78. The maximum atomic E-state index is 12.7. The standard InChI is InChI=1S/C24H28N4O4S2/c1-16-12-21(25-22(13-16)28-10-8-18-6-4-5-7-19(18)15-28)26-24(29)27-34(30,31)23-14-17(2)20(33-23)9-11-32-3/h4-7,12-14H,8-11,15H2,1-3H3,(H2,25,26,27,29). The first-order valence-corrected chi connectivity index (χ1v) is 13.3. The predicted molar refractivity (Wildman–Crippen MR) is 134 cm³/mol. The number of carbonyl (C=O) groups is 1. The van der Waals surface area contributed by atoms with Gasteiger partial charge in [-0.2, -0.15) is 0 Å². The molecular weight excluding hydrogens is 472 g/mol.